The van der Waals surface area contributed by atoms with Gasteiger partial charge in [0, 0.05) is 35.6 Å². The Kier molecular flexibility index (Phi) is 9.33. The lowest BCUT2D eigenvalue weighted by Crippen LogP contribution is -2.26. The minimum atomic E-state index is -4.74. The van der Waals surface area contributed by atoms with E-state index < -0.39 is 6.36 Å². The van der Waals surface area contributed by atoms with Crippen LogP contribution in [-0.2, 0) is 6.54 Å². The van der Waals surface area contributed by atoms with E-state index in [9.17, 15) is 13.2 Å². The zero-order valence-electron chi connectivity index (χ0n) is 17.9. The van der Waals surface area contributed by atoms with Crippen LogP contribution in [0.3, 0.4) is 0 Å². The Balaban J connectivity index is 0.00000363. The van der Waals surface area contributed by atoms with Crippen LogP contribution in [0.4, 0.5) is 13.2 Å². The molecular formula is C22H25ClF3N3O2S. The quantitative estimate of drug-likeness (QED) is 0.434. The second-order valence-electron chi connectivity index (χ2n) is 6.94. The molecule has 10 heteroatoms. The molecular weight excluding hydrogens is 463 g/mol. The standard InChI is InChI=1S/C22H24F3N3O2S.ClH/c1-26-10-11-28(2)14-19-20(15-6-4-8-17(12-15)29-3)27-21(31-19)16-7-5-9-18(13-16)30-22(23,24)25;/h4-9,12-13,26H,10-11,14H2,1-3H3;1H. The lowest BCUT2D eigenvalue weighted by molar-refractivity contribution is -0.274. The van der Waals surface area contributed by atoms with Gasteiger partial charge in [-0.05, 0) is 38.4 Å². The summed E-state index contributed by atoms with van der Waals surface area (Å²) < 4.78 is 47.3. The van der Waals surface area contributed by atoms with Crippen LogP contribution < -0.4 is 14.8 Å². The molecule has 0 radical (unpaired) electrons. The molecule has 0 unspecified atom stereocenters. The highest BCUT2D eigenvalue weighted by Gasteiger charge is 2.31. The Morgan fingerprint density at radius 3 is 2.38 bits per heavy atom. The fourth-order valence-corrected chi connectivity index (χ4v) is 4.19. The van der Waals surface area contributed by atoms with Crippen LogP contribution in [0, 0.1) is 0 Å². The number of thiazole rings is 1. The first-order valence-electron chi connectivity index (χ1n) is 9.62. The van der Waals surface area contributed by atoms with E-state index in [4.69, 9.17) is 9.72 Å². The van der Waals surface area contributed by atoms with E-state index in [0.717, 1.165) is 29.2 Å². The molecule has 1 heterocycles. The molecule has 0 saturated carbocycles. The monoisotopic (exact) mass is 487 g/mol. The second-order valence-corrected chi connectivity index (χ2v) is 8.02. The number of nitrogens with zero attached hydrogens (tertiary/aromatic N) is 2. The summed E-state index contributed by atoms with van der Waals surface area (Å²) in [6.07, 6.45) is -4.74. The molecule has 0 aliphatic rings. The summed E-state index contributed by atoms with van der Waals surface area (Å²) in [5.41, 5.74) is 2.25. The number of ether oxygens (including phenoxy) is 2. The van der Waals surface area contributed by atoms with E-state index in [-0.39, 0.29) is 18.2 Å². The normalized spacial score (nSPS) is 11.3. The Morgan fingerprint density at radius 1 is 1.06 bits per heavy atom. The first-order chi connectivity index (χ1) is 14.8. The molecule has 0 bridgehead atoms. The Labute approximate surface area is 195 Å². The van der Waals surface area contributed by atoms with Crippen molar-refractivity contribution < 1.29 is 22.6 Å². The first-order valence-corrected chi connectivity index (χ1v) is 10.4. The van der Waals surface area contributed by atoms with Crippen molar-refractivity contribution in [1.29, 1.82) is 0 Å². The summed E-state index contributed by atoms with van der Waals surface area (Å²) in [6, 6.07) is 13.5. The number of methoxy groups -OCH3 is 1. The zero-order chi connectivity index (χ0) is 22.4. The van der Waals surface area contributed by atoms with Crippen LogP contribution in [0.1, 0.15) is 4.88 Å². The van der Waals surface area contributed by atoms with Crippen LogP contribution in [0.2, 0.25) is 0 Å². The fraction of sp³-hybridized carbons (Fsp3) is 0.318. The maximum Gasteiger partial charge on any atom is 0.573 e. The molecule has 0 aliphatic heterocycles. The van der Waals surface area contributed by atoms with Gasteiger partial charge in [-0.2, -0.15) is 0 Å². The summed E-state index contributed by atoms with van der Waals surface area (Å²) in [4.78, 5) is 7.97. The number of hydrogen-bond acceptors (Lipinski definition) is 6. The van der Waals surface area contributed by atoms with Gasteiger partial charge in [0.1, 0.15) is 16.5 Å². The van der Waals surface area contributed by atoms with Crippen molar-refractivity contribution in [2.45, 2.75) is 12.9 Å². The van der Waals surface area contributed by atoms with Crippen LogP contribution >= 0.6 is 23.7 Å². The van der Waals surface area contributed by atoms with Gasteiger partial charge < -0.3 is 14.8 Å². The third-order valence-electron chi connectivity index (χ3n) is 4.51. The summed E-state index contributed by atoms with van der Waals surface area (Å²) in [6.45, 7) is 2.34. The van der Waals surface area contributed by atoms with Crippen molar-refractivity contribution in [3.8, 4) is 33.3 Å². The lowest BCUT2D eigenvalue weighted by atomic mass is 10.1. The van der Waals surface area contributed by atoms with E-state index in [1.807, 2.05) is 38.4 Å². The van der Waals surface area contributed by atoms with Crippen LogP contribution in [0.15, 0.2) is 48.5 Å². The van der Waals surface area contributed by atoms with Crippen LogP contribution in [0.25, 0.3) is 21.8 Å². The Morgan fingerprint density at radius 2 is 1.72 bits per heavy atom. The number of halogens is 4. The topological polar surface area (TPSA) is 46.6 Å². The number of aromatic nitrogens is 1. The average Bonchev–Trinajstić information content (AvgIpc) is 3.15. The molecule has 0 amide bonds. The summed E-state index contributed by atoms with van der Waals surface area (Å²) in [7, 11) is 5.52. The predicted molar refractivity (Wildman–Crippen MR) is 124 cm³/mol. The number of hydrogen-bond donors (Lipinski definition) is 1. The SMILES string of the molecule is CNCCN(C)Cc1sc(-c2cccc(OC(F)(F)F)c2)nc1-c1cccc(OC)c1.Cl. The average molecular weight is 488 g/mol. The number of rotatable bonds is 9. The molecule has 5 nitrogen and oxygen atoms in total. The third-order valence-corrected chi connectivity index (χ3v) is 5.60. The number of likely N-dealkylation sites (N-methyl/N-ethyl adjacent to an activating group) is 2. The molecule has 0 aliphatic carbocycles. The summed E-state index contributed by atoms with van der Waals surface area (Å²) in [5.74, 6) is 0.443. The maximum absolute atomic E-state index is 12.6. The van der Waals surface area contributed by atoms with Gasteiger partial charge >= 0.3 is 6.36 Å². The van der Waals surface area contributed by atoms with Gasteiger partial charge in [0.2, 0.25) is 0 Å². The van der Waals surface area contributed by atoms with Crippen molar-refractivity contribution in [3.05, 3.63) is 53.4 Å². The molecule has 3 rings (SSSR count). The summed E-state index contributed by atoms with van der Waals surface area (Å²) in [5, 5.41) is 3.75. The molecule has 3 aromatic rings. The van der Waals surface area contributed by atoms with Crippen molar-refractivity contribution in [2.24, 2.45) is 0 Å². The molecule has 2 aromatic carbocycles. The maximum atomic E-state index is 12.6. The smallest absolute Gasteiger partial charge is 0.497 e. The molecule has 0 saturated heterocycles. The van der Waals surface area contributed by atoms with Crippen molar-refractivity contribution in [3.63, 3.8) is 0 Å². The lowest BCUT2D eigenvalue weighted by Gasteiger charge is -2.16. The fourth-order valence-electron chi connectivity index (χ4n) is 3.03. The molecule has 32 heavy (non-hydrogen) atoms. The molecule has 0 spiro atoms. The molecule has 1 N–H and O–H groups in total. The summed E-state index contributed by atoms with van der Waals surface area (Å²) >= 11 is 1.46. The van der Waals surface area contributed by atoms with E-state index >= 15 is 0 Å². The Bertz CT molecular complexity index is 1010. The van der Waals surface area contributed by atoms with Gasteiger partial charge in [-0.1, -0.05) is 24.3 Å². The minimum Gasteiger partial charge on any atom is -0.497 e. The predicted octanol–water partition coefficient (Wildman–Crippen LogP) is 5.46. The number of alkyl halides is 3. The van der Waals surface area contributed by atoms with Gasteiger partial charge in [0.05, 0.1) is 12.8 Å². The molecule has 1 aromatic heterocycles. The van der Waals surface area contributed by atoms with Crippen LogP contribution in [0.5, 0.6) is 11.5 Å². The molecule has 0 atom stereocenters. The second kappa shape index (κ2) is 11.5. The van der Waals surface area contributed by atoms with Gasteiger partial charge in [0.25, 0.3) is 0 Å². The van der Waals surface area contributed by atoms with Gasteiger partial charge in [-0.15, -0.1) is 36.9 Å². The van der Waals surface area contributed by atoms with E-state index in [2.05, 4.69) is 15.0 Å². The van der Waals surface area contributed by atoms with E-state index in [1.54, 1.807) is 13.2 Å². The zero-order valence-corrected chi connectivity index (χ0v) is 19.5. The van der Waals surface area contributed by atoms with Crippen molar-refractivity contribution >= 4 is 23.7 Å². The van der Waals surface area contributed by atoms with Gasteiger partial charge in [0.15, 0.2) is 0 Å². The van der Waals surface area contributed by atoms with Gasteiger partial charge in [-0.25, -0.2) is 4.98 Å². The first kappa shape index (κ1) is 25.9. The highest BCUT2D eigenvalue weighted by atomic mass is 35.5. The highest BCUT2D eigenvalue weighted by Crippen LogP contribution is 2.37. The largest absolute Gasteiger partial charge is 0.573 e. The number of nitrogens with one attached hydrogen (secondary N) is 1. The minimum absolute atomic E-state index is 0. The van der Waals surface area contributed by atoms with E-state index in [1.165, 1.54) is 29.5 Å². The van der Waals surface area contributed by atoms with Crippen molar-refractivity contribution in [1.82, 2.24) is 15.2 Å². The Hall–Kier alpha value is -2.33. The van der Waals surface area contributed by atoms with Gasteiger partial charge in [-0.3, -0.25) is 4.90 Å². The van der Waals surface area contributed by atoms with E-state index in [0.29, 0.717) is 22.9 Å². The highest BCUT2D eigenvalue weighted by molar-refractivity contribution is 7.15. The van der Waals surface area contributed by atoms with Crippen LogP contribution in [-0.4, -0.2) is 50.5 Å². The van der Waals surface area contributed by atoms with Crippen molar-refractivity contribution in [2.75, 3.05) is 34.3 Å². The molecule has 174 valence electrons. The molecule has 0 fully saturated rings. The third kappa shape index (κ3) is 7.09. The number of benzene rings is 2.